The number of anilines is 1. The Bertz CT molecular complexity index is 557. The molecule has 0 aliphatic carbocycles. The second-order valence-electron chi connectivity index (χ2n) is 4.20. The first kappa shape index (κ1) is 15.0. The van der Waals surface area contributed by atoms with Gasteiger partial charge in [0.25, 0.3) is 5.91 Å². The van der Waals surface area contributed by atoms with Gasteiger partial charge in [0.15, 0.2) is 0 Å². The summed E-state index contributed by atoms with van der Waals surface area (Å²) in [6.45, 7) is 1.64. The summed E-state index contributed by atoms with van der Waals surface area (Å²) in [5, 5.41) is 2.61. The van der Waals surface area contributed by atoms with Crippen LogP contribution in [0.2, 0.25) is 0 Å². The largest absolute Gasteiger partial charge is 0.398 e. The second-order valence-corrected chi connectivity index (χ2v) is 7.24. The summed E-state index contributed by atoms with van der Waals surface area (Å²) in [5.41, 5.74) is 6.52. The molecule has 100 valence electrons. The van der Waals surface area contributed by atoms with Gasteiger partial charge in [-0.3, -0.25) is 4.79 Å². The normalized spacial score (nSPS) is 13.1. The van der Waals surface area contributed by atoms with Crippen molar-refractivity contribution in [3.8, 4) is 0 Å². The number of nitrogens with one attached hydrogen (secondary N) is 1. The van der Waals surface area contributed by atoms with Crippen molar-refractivity contribution in [2.24, 2.45) is 0 Å². The zero-order valence-corrected chi connectivity index (χ0v) is 12.5. The predicted octanol–water partition coefficient (Wildman–Crippen LogP) is 1.19. The van der Waals surface area contributed by atoms with Gasteiger partial charge in [-0.1, -0.05) is 0 Å². The van der Waals surface area contributed by atoms with E-state index in [4.69, 9.17) is 5.73 Å². The highest BCUT2D eigenvalue weighted by Gasteiger charge is 2.14. The molecule has 1 rings (SSSR count). The van der Waals surface area contributed by atoms with E-state index < -0.39 is 15.9 Å². The Morgan fingerprint density at radius 3 is 2.61 bits per heavy atom. The van der Waals surface area contributed by atoms with Crippen LogP contribution in [-0.2, 0) is 9.84 Å². The monoisotopic (exact) mass is 334 g/mol. The number of hydrogen-bond acceptors (Lipinski definition) is 4. The van der Waals surface area contributed by atoms with Crippen molar-refractivity contribution in [3.63, 3.8) is 0 Å². The van der Waals surface area contributed by atoms with E-state index in [1.165, 1.54) is 6.07 Å². The van der Waals surface area contributed by atoms with Crippen LogP contribution in [0.3, 0.4) is 0 Å². The molecule has 0 saturated heterocycles. The van der Waals surface area contributed by atoms with Crippen molar-refractivity contribution < 1.29 is 13.2 Å². The molecule has 7 heteroatoms. The number of carbonyl (C=O) groups is 1. The van der Waals surface area contributed by atoms with Crippen LogP contribution in [-0.4, -0.2) is 32.4 Å². The molecule has 0 aromatic heterocycles. The number of nitrogen functional groups attached to an aromatic ring is 1. The molecule has 0 radical (unpaired) electrons. The van der Waals surface area contributed by atoms with Crippen LogP contribution in [0, 0.1) is 0 Å². The molecule has 0 saturated carbocycles. The van der Waals surface area contributed by atoms with Crippen molar-refractivity contribution >= 4 is 37.4 Å². The van der Waals surface area contributed by atoms with E-state index in [0.717, 1.165) is 6.26 Å². The summed E-state index contributed by atoms with van der Waals surface area (Å²) in [6.07, 6.45) is 1.13. The molecule has 1 unspecified atom stereocenters. The van der Waals surface area contributed by atoms with Gasteiger partial charge < -0.3 is 11.1 Å². The van der Waals surface area contributed by atoms with Gasteiger partial charge in [0.1, 0.15) is 9.84 Å². The number of amides is 1. The van der Waals surface area contributed by atoms with Crippen molar-refractivity contribution in [2.75, 3.05) is 17.7 Å². The lowest BCUT2D eigenvalue weighted by molar-refractivity contribution is 0.0943. The van der Waals surface area contributed by atoms with Crippen molar-refractivity contribution in [3.05, 3.63) is 28.2 Å². The van der Waals surface area contributed by atoms with Gasteiger partial charge in [0.2, 0.25) is 0 Å². The van der Waals surface area contributed by atoms with Crippen LogP contribution in [0.15, 0.2) is 22.7 Å². The number of rotatable bonds is 4. The Balaban J connectivity index is 2.73. The van der Waals surface area contributed by atoms with Gasteiger partial charge in [0.05, 0.1) is 5.75 Å². The average molecular weight is 335 g/mol. The maximum Gasteiger partial charge on any atom is 0.251 e. The molecular weight excluding hydrogens is 320 g/mol. The maximum absolute atomic E-state index is 11.8. The fraction of sp³-hybridized carbons (Fsp3) is 0.364. The SMILES string of the molecule is CC(CS(C)(=O)=O)NC(=O)c1ccc(Br)c(N)c1. The van der Waals surface area contributed by atoms with Gasteiger partial charge in [-0.2, -0.15) is 0 Å². The molecular formula is C11H15BrN2O3S. The topological polar surface area (TPSA) is 89.3 Å². The summed E-state index contributed by atoms with van der Waals surface area (Å²) in [6, 6.07) is 4.37. The van der Waals surface area contributed by atoms with E-state index in [1.807, 2.05) is 0 Å². The first-order chi connectivity index (χ1) is 8.19. The third kappa shape index (κ3) is 4.66. The van der Waals surface area contributed by atoms with E-state index >= 15 is 0 Å². The highest BCUT2D eigenvalue weighted by molar-refractivity contribution is 9.10. The van der Waals surface area contributed by atoms with Crippen LogP contribution in [0.4, 0.5) is 5.69 Å². The van der Waals surface area contributed by atoms with E-state index in [0.29, 0.717) is 15.7 Å². The number of hydrogen-bond donors (Lipinski definition) is 2. The Labute approximate surface area is 115 Å². The lowest BCUT2D eigenvalue weighted by Crippen LogP contribution is -2.37. The fourth-order valence-electron chi connectivity index (χ4n) is 1.49. The lowest BCUT2D eigenvalue weighted by Gasteiger charge is -2.13. The fourth-order valence-corrected chi connectivity index (χ4v) is 2.73. The maximum atomic E-state index is 11.8. The molecule has 1 amide bonds. The molecule has 1 aromatic carbocycles. The zero-order valence-electron chi connectivity index (χ0n) is 10.1. The van der Waals surface area contributed by atoms with Gasteiger partial charge in [-0.15, -0.1) is 0 Å². The van der Waals surface area contributed by atoms with Crippen molar-refractivity contribution in [1.29, 1.82) is 0 Å². The summed E-state index contributed by atoms with van der Waals surface area (Å²) in [5.74, 6) is -0.435. The van der Waals surface area contributed by atoms with E-state index in [1.54, 1.807) is 19.1 Å². The Morgan fingerprint density at radius 1 is 1.50 bits per heavy atom. The third-order valence-corrected chi connectivity index (χ3v) is 4.02. The molecule has 3 N–H and O–H groups in total. The third-order valence-electron chi connectivity index (χ3n) is 2.19. The smallest absolute Gasteiger partial charge is 0.251 e. The standard InChI is InChI=1S/C11H15BrN2O3S/c1-7(6-18(2,16)17)14-11(15)8-3-4-9(12)10(13)5-8/h3-5,7H,6,13H2,1-2H3,(H,14,15). The van der Waals surface area contributed by atoms with Crippen LogP contribution >= 0.6 is 15.9 Å². The average Bonchev–Trinajstić information content (AvgIpc) is 2.18. The number of benzene rings is 1. The molecule has 0 bridgehead atoms. The molecule has 1 aromatic rings. The number of sulfone groups is 1. The van der Waals surface area contributed by atoms with Crippen LogP contribution in [0.5, 0.6) is 0 Å². The second kappa shape index (κ2) is 5.71. The molecule has 0 spiro atoms. The quantitative estimate of drug-likeness (QED) is 0.809. The van der Waals surface area contributed by atoms with Crippen LogP contribution in [0.1, 0.15) is 17.3 Å². The summed E-state index contributed by atoms with van der Waals surface area (Å²) < 4.78 is 22.9. The zero-order chi connectivity index (χ0) is 13.9. The Kier molecular flexibility index (Phi) is 4.75. The van der Waals surface area contributed by atoms with Crippen molar-refractivity contribution in [2.45, 2.75) is 13.0 Å². The molecule has 5 nitrogen and oxygen atoms in total. The highest BCUT2D eigenvalue weighted by Crippen LogP contribution is 2.20. The minimum absolute atomic E-state index is 0.0925. The first-order valence-electron chi connectivity index (χ1n) is 5.22. The molecule has 0 fully saturated rings. The molecule has 0 aliphatic heterocycles. The number of carbonyl (C=O) groups excluding carboxylic acids is 1. The minimum atomic E-state index is -3.11. The van der Waals surface area contributed by atoms with Crippen molar-refractivity contribution in [1.82, 2.24) is 5.32 Å². The molecule has 0 aliphatic rings. The number of nitrogens with two attached hydrogens (primary N) is 1. The first-order valence-corrected chi connectivity index (χ1v) is 8.08. The van der Waals surface area contributed by atoms with E-state index in [-0.39, 0.29) is 11.7 Å². The van der Waals surface area contributed by atoms with Crippen LogP contribution < -0.4 is 11.1 Å². The lowest BCUT2D eigenvalue weighted by atomic mass is 10.2. The highest BCUT2D eigenvalue weighted by atomic mass is 79.9. The molecule has 0 heterocycles. The minimum Gasteiger partial charge on any atom is -0.398 e. The van der Waals surface area contributed by atoms with Gasteiger partial charge in [0, 0.05) is 28.0 Å². The predicted molar refractivity (Wildman–Crippen MR) is 75.2 cm³/mol. The summed E-state index contributed by atoms with van der Waals surface area (Å²) in [4.78, 5) is 11.8. The van der Waals surface area contributed by atoms with Gasteiger partial charge in [-0.25, -0.2) is 8.42 Å². The Hall–Kier alpha value is -1.08. The summed E-state index contributed by atoms with van der Waals surface area (Å²) in [7, 11) is -3.11. The van der Waals surface area contributed by atoms with E-state index in [2.05, 4.69) is 21.2 Å². The van der Waals surface area contributed by atoms with E-state index in [9.17, 15) is 13.2 Å². The number of halogens is 1. The van der Waals surface area contributed by atoms with Crippen LogP contribution in [0.25, 0.3) is 0 Å². The Morgan fingerprint density at radius 2 is 2.11 bits per heavy atom. The molecule has 1 atom stereocenters. The van der Waals surface area contributed by atoms with Gasteiger partial charge in [-0.05, 0) is 41.1 Å². The van der Waals surface area contributed by atoms with Gasteiger partial charge >= 0.3 is 0 Å². The summed E-state index contributed by atoms with van der Waals surface area (Å²) >= 11 is 3.23. The molecule has 18 heavy (non-hydrogen) atoms.